The van der Waals surface area contributed by atoms with Crippen LogP contribution in [-0.4, -0.2) is 47.9 Å². The number of amides is 2. The van der Waals surface area contributed by atoms with Crippen molar-refractivity contribution in [2.24, 2.45) is 5.92 Å². The Balaban J connectivity index is 1.68. The van der Waals surface area contributed by atoms with Gasteiger partial charge in [0.05, 0.1) is 6.04 Å². The van der Waals surface area contributed by atoms with E-state index in [0.717, 1.165) is 36.9 Å². The lowest BCUT2D eigenvalue weighted by molar-refractivity contribution is -0.136. The molecule has 1 saturated carbocycles. The molecule has 2 aromatic rings. The molecule has 0 bridgehead atoms. The molecule has 1 fully saturated rings. The number of carbonyl (C=O) groups excluding carboxylic acids is 2. The van der Waals surface area contributed by atoms with E-state index in [1.807, 2.05) is 24.0 Å². The number of aryl methyl sites for hydroxylation is 1. The second-order valence-corrected chi connectivity index (χ2v) is 8.84. The normalized spacial score (nSPS) is 18.8. The highest BCUT2D eigenvalue weighted by molar-refractivity contribution is 5.82. The van der Waals surface area contributed by atoms with Gasteiger partial charge in [-0.25, -0.2) is 0 Å². The fourth-order valence-electron chi connectivity index (χ4n) is 4.30. The van der Waals surface area contributed by atoms with Crippen molar-refractivity contribution in [1.29, 1.82) is 0 Å². The van der Waals surface area contributed by atoms with Crippen LogP contribution in [0.25, 0.3) is 0 Å². The van der Waals surface area contributed by atoms with E-state index >= 15 is 0 Å². The predicted octanol–water partition coefficient (Wildman–Crippen LogP) is 4.12. The molecule has 4 rings (SSSR count). The summed E-state index contributed by atoms with van der Waals surface area (Å²) in [5.41, 5.74) is 4.66. The molecule has 0 spiro atoms. The first-order chi connectivity index (χ1) is 14.9. The Morgan fingerprint density at radius 2 is 1.87 bits per heavy atom. The molecule has 5 heteroatoms. The number of rotatable bonds is 6. The summed E-state index contributed by atoms with van der Waals surface area (Å²) in [4.78, 5) is 29.3. The maximum Gasteiger partial charge on any atom is 0.263 e. The van der Waals surface area contributed by atoms with Crippen molar-refractivity contribution >= 4 is 11.8 Å². The predicted molar refractivity (Wildman–Crippen MR) is 121 cm³/mol. The van der Waals surface area contributed by atoms with Gasteiger partial charge in [0.1, 0.15) is 5.75 Å². The highest BCUT2D eigenvalue weighted by atomic mass is 16.5. The first kappa shape index (κ1) is 21.4. The van der Waals surface area contributed by atoms with Crippen LogP contribution in [0.15, 0.2) is 42.5 Å². The van der Waals surface area contributed by atoms with Gasteiger partial charge in [0, 0.05) is 26.1 Å². The van der Waals surface area contributed by atoms with Gasteiger partial charge >= 0.3 is 0 Å². The van der Waals surface area contributed by atoms with Crippen LogP contribution in [0.1, 0.15) is 55.0 Å². The second-order valence-electron chi connectivity index (χ2n) is 8.84. The van der Waals surface area contributed by atoms with Gasteiger partial charge < -0.3 is 14.5 Å². The van der Waals surface area contributed by atoms with E-state index in [4.69, 9.17) is 4.74 Å². The topological polar surface area (TPSA) is 49.9 Å². The summed E-state index contributed by atoms with van der Waals surface area (Å²) in [5, 5.41) is 0. The molecule has 2 aliphatic rings. The fourth-order valence-corrected chi connectivity index (χ4v) is 4.30. The van der Waals surface area contributed by atoms with E-state index in [9.17, 15) is 9.59 Å². The number of hydrogen-bond donors (Lipinski definition) is 0. The van der Waals surface area contributed by atoms with E-state index < -0.39 is 6.10 Å². The SMILES string of the molecule is CCN(C)C(=O)[C@@H](C)Oc1ccc2c(c1)[C@@H](c1ccc(C)cc1)N(C(=O)C1CC1)CC2. The molecule has 31 heavy (non-hydrogen) atoms. The number of ether oxygens (including phenoxy) is 1. The van der Waals surface area contributed by atoms with Crippen molar-refractivity contribution in [3.63, 3.8) is 0 Å². The van der Waals surface area contributed by atoms with E-state index in [0.29, 0.717) is 12.3 Å². The average molecular weight is 421 g/mol. The molecule has 164 valence electrons. The zero-order valence-electron chi connectivity index (χ0n) is 18.9. The van der Waals surface area contributed by atoms with Crippen molar-refractivity contribution in [1.82, 2.24) is 9.80 Å². The number of fused-ring (bicyclic) bond motifs is 1. The molecule has 2 amide bonds. The van der Waals surface area contributed by atoms with Crippen LogP contribution in [0.4, 0.5) is 0 Å². The van der Waals surface area contributed by atoms with Crippen LogP contribution in [-0.2, 0) is 16.0 Å². The fraction of sp³-hybridized carbons (Fsp3) is 0.462. The monoisotopic (exact) mass is 420 g/mol. The van der Waals surface area contributed by atoms with Crippen LogP contribution in [0.2, 0.25) is 0 Å². The van der Waals surface area contributed by atoms with Crippen LogP contribution >= 0.6 is 0 Å². The third-order valence-electron chi connectivity index (χ3n) is 6.46. The van der Waals surface area contributed by atoms with Crippen molar-refractivity contribution in [3.05, 3.63) is 64.7 Å². The maximum absolute atomic E-state index is 13.1. The van der Waals surface area contributed by atoms with Crippen LogP contribution in [0.5, 0.6) is 5.75 Å². The molecule has 0 aromatic heterocycles. The minimum absolute atomic E-state index is 0.0409. The Morgan fingerprint density at radius 1 is 1.16 bits per heavy atom. The molecular weight excluding hydrogens is 388 g/mol. The summed E-state index contributed by atoms with van der Waals surface area (Å²) < 4.78 is 6.03. The summed E-state index contributed by atoms with van der Waals surface area (Å²) in [6, 6.07) is 14.4. The highest BCUT2D eigenvalue weighted by Crippen LogP contribution is 2.41. The second kappa shape index (κ2) is 8.74. The molecule has 0 unspecified atom stereocenters. The van der Waals surface area contributed by atoms with E-state index in [1.165, 1.54) is 11.1 Å². The van der Waals surface area contributed by atoms with Crippen molar-refractivity contribution in [2.45, 2.75) is 52.2 Å². The molecular formula is C26H32N2O3. The van der Waals surface area contributed by atoms with Gasteiger partial charge in [-0.3, -0.25) is 9.59 Å². The van der Waals surface area contributed by atoms with Crippen LogP contribution < -0.4 is 4.74 Å². The van der Waals surface area contributed by atoms with Gasteiger partial charge in [-0.05, 0) is 68.9 Å². The summed E-state index contributed by atoms with van der Waals surface area (Å²) in [7, 11) is 1.78. The van der Waals surface area contributed by atoms with Gasteiger partial charge in [0.15, 0.2) is 6.10 Å². The Labute approximate surface area is 185 Å². The van der Waals surface area contributed by atoms with Crippen molar-refractivity contribution < 1.29 is 14.3 Å². The molecule has 2 atom stereocenters. The number of nitrogens with zero attached hydrogens (tertiary/aromatic N) is 2. The molecule has 1 heterocycles. The lowest BCUT2D eigenvalue weighted by Crippen LogP contribution is -2.41. The lowest BCUT2D eigenvalue weighted by Gasteiger charge is -2.38. The smallest absolute Gasteiger partial charge is 0.263 e. The van der Waals surface area contributed by atoms with Gasteiger partial charge in [-0.2, -0.15) is 0 Å². The summed E-state index contributed by atoms with van der Waals surface area (Å²) in [5.74, 6) is 1.06. The number of carbonyl (C=O) groups is 2. The quantitative estimate of drug-likeness (QED) is 0.706. The summed E-state index contributed by atoms with van der Waals surface area (Å²) in [6.07, 6.45) is 2.27. The third-order valence-corrected chi connectivity index (χ3v) is 6.46. The molecule has 1 aliphatic heterocycles. The van der Waals surface area contributed by atoms with E-state index in [2.05, 4.69) is 37.3 Å². The molecule has 0 radical (unpaired) electrons. The van der Waals surface area contributed by atoms with Crippen molar-refractivity contribution in [2.75, 3.05) is 20.1 Å². The largest absolute Gasteiger partial charge is 0.481 e. The lowest BCUT2D eigenvalue weighted by atomic mass is 9.87. The zero-order valence-corrected chi connectivity index (χ0v) is 18.9. The average Bonchev–Trinajstić information content (AvgIpc) is 3.63. The van der Waals surface area contributed by atoms with E-state index in [-0.39, 0.29) is 23.8 Å². The third kappa shape index (κ3) is 4.46. The Morgan fingerprint density at radius 3 is 2.52 bits per heavy atom. The molecule has 0 saturated heterocycles. The summed E-state index contributed by atoms with van der Waals surface area (Å²) >= 11 is 0. The van der Waals surface area contributed by atoms with Gasteiger partial charge in [-0.15, -0.1) is 0 Å². The highest BCUT2D eigenvalue weighted by Gasteiger charge is 2.39. The van der Waals surface area contributed by atoms with Crippen LogP contribution in [0, 0.1) is 12.8 Å². The Bertz CT molecular complexity index is 965. The number of hydrogen-bond acceptors (Lipinski definition) is 3. The van der Waals surface area contributed by atoms with Gasteiger partial charge in [0.2, 0.25) is 5.91 Å². The zero-order chi connectivity index (χ0) is 22.1. The van der Waals surface area contributed by atoms with E-state index in [1.54, 1.807) is 18.9 Å². The summed E-state index contributed by atoms with van der Waals surface area (Å²) in [6.45, 7) is 7.18. The van der Waals surface area contributed by atoms with Crippen molar-refractivity contribution in [3.8, 4) is 5.75 Å². The molecule has 1 aliphatic carbocycles. The van der Waals surface area contributed by atoms with Gasteiger partial charge in [0.25, 0.3) is 5.91 Å². The minimum Gasteiger partial charge on any atom is -0.481 e. The Kier molecular flexibility index (Phi) is 6.03. The number of benzene rings is 2. The minimum atomic E-state index is -0.561. The van der Waals surface area contributed by atoms with Crippen LogP contribution in [0.3, 0.4) is 0 Å². The molecule has 0 N–H and O–H groups in total. The maximum atomic E-state index is 13.1. The van der Waals surface area contributed by atoms with Gasteiger partial charge in [-0.1, -0.05) is 35.9 Å². The molecule has 5 nitrogen and oxygen atoms in total. The Hall–Kier alpha value is -2.82. The number of likely N-dealkylation sites (N-methyl/N-ethyl adjacent to an activating group) is 1. The first-order valence-electron chi connectivity index (χ1n) is 11.3. The molecule has 2 aromatic carbocycles. The standard InChI is InChI=1S/C26H32N2O3/c1-5-27(4)25(29)18(3)31-22-13-12-19-14-15-28(26(30)21-10-11-21)24(23(19)16-22)20-8-6-17(2)7-9-20/h6-9,12-13,16,18,21,24H,5,10-11,14-15H2,1-4H3/t18-,24-/m1/s1. The first-order valence-corrected chi connectivity index (χ1v) is 11.3.